The van der Waals surface area contributed by atoms with Gasteiger partial charge in [0, 0.05) is 61.8 Å². The van der Waals surface area contributed by atoms with Gasteiger partial charge in [0.2, 0.25) is 0 Å². The highest BCUT2D eigenvalue weighted by atomic mass is 16.6. The summed E-state index contributed by atoms with van der Waals surface area (Å²) in [6, 6.07) is 27.4. The van der Waals surface area contributed by atoms with Crippen LogP contribution in [0.5, 0.6) is 0 Å². The zero-order chi connectivity index (χ0) is 57.6. The van der Waals surface area contributed by atoms with Gasteiger partial charge in [-0.15, -0.1) is 0 Å². The normalized spacial score (nSPS) is 11.8. The van der Waals surface area contributed by atoms with Crippen molar-refractivity contribution in [2.45, 2.75) is 136 Å². The Morgan fingerprint density at radius 1 is 0.434 bits per heavy atom. The number of hydrogen-bond donors (Lipinski definition) is 4. The summed E-state index contributed by atoms with van der Waals surface area (Å²) >= 11 is 0. The van der Waals surface area contributed by atoms with Gasteiger partial charge in [-0.1, -0.05) is 133 Å². The Morgan fingerprint density at radius 2 is 0.671 bits per heavy atom. The summed E-state index contributed by atoms with van der Waals surface area (Å²) in [6.45, 7) is 13.0. The van der Waals surface area contributed by atoms with Crippen molar-refractivity contribution in [2.75, 3.05) is 19.8 Å². The molecule has 22 heteroatoms. The van der Waals surface area contributed by atoms with Crippen molar-refractivity contribution >= 4 is 53.7 Å². The minimum absolute atomic E-state index is 0.147. The number of ether oxygens (including phenoxy) is 6. The summed E-state index contributed by atoms with van der Waals surface area (Å²) < 4.78 is 30.6. The zero-order valence-electron chi connectivity index (χ0n) is 44.4. The monoisotopic (exact) mass is 1070 g/mol. The van der Waals surface area contributed by atoms with E-state index in [0.29, 0.717) is 19.3 Å². The average Bonchev–Trinajstić information content (AvgIpc) is 3.38. The maximum absolute atomic E-state index is 11.5. The van der Waals surface area contributed by atoms with Crippen molar-refractivity contribution in [3.05, 3.63) is 108 Å². The number of rotatable bonds is 29. The predicted octanol–water partition coefficient (Wildman–Crippen LogP) is -1.29. The smallest absolute Gasteiger partial charge is 0.365 e. The lowest BCUT2D eigenvalue weighted by molar-refractivity contribution is -0.418. The van der Waals surface area contributed by atoms with E-state index in [4.69, 9.17) is 33.5 Å². The number of carboxylic acids is 3. The Bertz CT molecular complexity index is 1970. The fourth-order valence-electron chi connectivity index (χ4n) is 5.42. The van der Waals surface area contributed by atoms with Crippen LogP contribution in [0.3, 0.4) is 0 Å². The number of carboxylic acid groups (broad SMARTS) is 3. The van der Waals surface area contributed by atoms with Crippen LogP contribution in [0.15, 0.2) is 91.0 Å². The topological polar surface area (TPSA) is 381 Å². The summed E-state index contributed by atoms with van der Waals surface area (Å²) in [5, 5.41) is 38.9. The molecule has 0 aliphatic carbocycles. The van der Waals surface area contributed by atoms with Crippen molar-refractivity contribution < 1.29 is 109 Å². The SMILES string of the molecule is CC(C)[C@H]([NH3+])C(=O)OCCCC(=O)OCc1ccccc1.CC(C)[C@H]([NH3+])C(=O)OCCCC(=O)OCc1ccccc1.CC(C)[C@H]([NH3+])C(=O)OCCCC(=O)OCc1ccccc1.O=C([O-])CC(O)(CC(=O)[O-])C(=O)[O-]. The van der Waals surface area contributed by atoms with Crippen LogP contribution >= 0.6 is 0 Å². The first-order valence-corrected chi connectivity index (χ1v) is 24.7. The van der Waals surface area contributed by atoms with Crippen molar-refractivity contribution in [2.24, 2.45) is 17.8 Å². The van der Waals surface area contributed by atoms with E-state index in [1.807, 2.05) is 133 Å². The van der Waals surface area contributed by atoms with Crippen LogP contribution in [0, 0.1) is 17.8 Å². The van der Waals surface area contributed by atoms with Gasteiger partial charge in [-0.2, -0.15) is 0 Å². The summed E-state index contributed by atoms with van der Waals surface area (Å²) in [5.74, 6) is -7.36. The van der Waals surface area contributed by atoms with Crippen LogP contribution in [0.2, 0.25) is 0 Å². The molecule has 0 radical (unpaired) electrons. The summed E-state index contributed by atoms with van der Waals surface area (Å²) in [6.07, 6.45) is -0.609. The Hall–Kier alpha value is -7.27. The van der Waals surface area contributed by atoms with Gasteiger partial charge < -0.3 is 80.4 Å². The number of esters is 6. The number of quaternary nitrogens is 3. The van der Waals surface area contributed by atoms with Crippen molar-refractivity contribution in [3.63, 3.8) is 0 Å². The van der Waals surface area contributed by atoms with E-state index < -0.39 is 36.4 Å². The van der Waals surface area contributed by atoms with Gasteiger partial charge in [0.05, 0.1) is 25.8 Å². The number of hydrogen-bond acceptors (Lipinski definition) is 19. The van der Waals surface area contributed by atoms with Crippen LogP contribution in [-0.2, 0) is 91.4 Å². The van der Waals surface area contributed by atoms with Crippen molar-refractivity contribution in [1.82, 2.24) is 0 Å². The Kier molecular flexibility index (Phi) is 35.4. The van der Waals surface area contributed by atoms with Crippen LogP contribution in [0.25, 0.3) is 0 Å². The second-order valence-corrected chi connectivity index (χ2v) is 18.2. The lowest BCUT2D eigenvalue weighted by Crippen LogP contribution is -2.67. The number of carbonyl (C=O) groups is 9. The predicted molar refractivity (Wildman–Crippen MR) is 263 cm³/mol. The molecule has 3 aromatic rings. The maximum Gasteiger partial charge on any atom is 0.365 e. The molecule has 0 aromatic heterocycles. The minimum atomic E-state index is -2.97. The van der Waals surface area contributed by atoms with E-state index in [0.717, 1.165) is 16.7 Å². The van der Waals surface area contributed by atoms with Crippen LogP contribution in [0.1, 0.15) is 110 Å². The Balaban J connectivity index is 0.00000100. The molecule has 0 aliphatic heterocycles. The third-order valence-corrected chi connectivity index (χ3v) is 10.6. The molecule has 0 amide bonds. The summed E-state index contributed by atoms with van der Waals surface area (Å²) in [4.78, 5) is 99.2. The zero-order valence-corrected chi connectivity index (χ0v) is 44.4. The van der Waals surface area contributed by atoms with E-state index in [1.54, 1.807) is 0 Å². The molecule has 0 heterocycles. The summed E-state index contributed by atoms with van der Waals surface area (Å²) in [7, 11) is 0. The Labute approximate surface area is 443 Å². The molecule has 0 fully saturated rings. The highest BCUT2D eigenvalue weighted by Gasteiger charge is 2.29. The molecule has 0 bridgehead atoms. The average molecular weight is 1070 g/mol. The molecule has 0 saturated heterocycles. The first-order valence-electron chi connectivity index (χ1n) is 24.7. The Morgan fingerprint density at radius 3 is 0.868 bits per heavy atom. The maximum atomic E-state index is 11.5. The van der Waals surface area contributed by atoms with Gasteiger partial charge >= 0.3 is 35.8 Å². The lowest BCUT2D eigenvalue weighted by Gasteiger charge is -2.29. The fourth-order valence-corrected chi connectivity index (χ4v) is 5.42. The molecule has 0 aliphatic rings. The van der Waals surface area contributed by atoms with E-state index in [-0.39, 0.29) is 131 Å². The molecule has 0 spiro atoms. The van der Waals surface area contributed by atoms with Gasteiger partial charge in [-0.05, 0) is 36.0 Å². The molecule has 22 nitrogen and oxygen atoms in total. The quantitative estimate of drug-likeness (QED) is 0.0357. The largest absolute Gasteiger partial charge is 0.550 e. The first kappa shape index (κ1) is 68.7. The van der Waals surface area contributed by atoms with E-state index in [2.05, 4.69) is 17.2 Å². The van der Waals surface area contributed by atoms with Crippen LogP contribution in [0.4, 0.5) is 0 Å². The molecule has 3 aromatic carbocycles. The minimum Gasteiger partial charge on any atom is -0.550 e. The molecule has 10 N–H and O–H groups in total. The highest BCUT2D eigenvalue weighted by Crippen LogP contribution is 2.13. The van der Waals surface area contributed by atoms with E-state index in [9.17, 15) is 58.5 Å². The molecule has 0 saturated carbocycles. The third-order valence-electron chi connectivity index (χ3n) is 10.6. The van der Waals surface area contributed by atoms with E-state index >= 15 is 0 Å². The standard InChI is InChI=1S/3C16H23NO4.C6H8O7/c3*1-12(2)15(17)16(19)20-10-6-9-14(18)21-11-13-7-4-3-5-8-13;7-3(8)1-6(13,5(11)12)2-4(9)10/h3*3-5,7-8,12,15H,6,9-11,17H2,1-2H3;13H,1-2H2,(H,7,8)(H,9,10)(H,11,12)/t3*15-;/m000./s1. The molecule has 3 atom stereocenters. The molecule has 76 heavy (non-hydrogen) atoms. The summed E-state index contributed by atoms with van der Waals surface area (Å²) in [5.41, 5.74) is 11.1. The highest BCUT2D eigenvalue weighted by molar-refractivity contribution is 5.86. The van der Waals surface area contributed by atoms with Crippen molar-refractivity contribution in [1.29, 1.82) is 0 Å². The molecular weight excluding hydrogens is 995 g/mol. The van der Waals surface area contributed by atoms with Crippen LogP contribution < -0.4 is 32.5 Å². The van der Waals surface area contributed by atoms with Gasteiger partial charge in [0.25, 0.3) is 0 Å². The van der Waals surface area contributed by atoms with Gasteiger partial charge in [0.1, 0.15) is 25.4 Å². The first-order chi connectivity index (χ1) is 35.8. The molecule has 3 rings (SSSR count). The molecular formula is C54H77N3O19. The van der Waals surface area contributed by atoms with Gasteiger partial charge in [-0.25, -0.2) is 14.4 Å². The second kappa shape index (κ2) is 39.2. The number of aliphatic hydroxyl groups is 1. The van der Waals surface area contributed by atoms with E-state index in [1.165, 1.54) is 0 Å². The molecule has 422 valence electrons. The third kappa shape index (κ3) is 33.5. The van der Waals surface area contributed by atoms with Gasteiger partial charge in [-0.3, -0.25) is 14.4 Å². The fraction of sp³-hybridized carbons (Fsp3) is 0.500. The second-order valence-electron chi connectivity index (χ2n) is 18.2. The molecule has 0 unspecified atom stereocenters. The lowest BCUT2D eigenvalue weighted by atomic mass is 9.96. The number of benzene rings is 3. The van der Waals surface area contributed by atoms with Gasteiger partial charge in [0.15, 0.2) is 18.1 Å². The van der Waals surface area contributed by atoms with Crippen molar-refractivity contribution in [3.8, 4) is 0 Å². The number of aliphatic carboxylic acids is 3. The number of carbonyl (C=O) groups excluding carboxylic acids is 9. The van der Waals surface area contributed by atoms with Crippen LogP contribution in [-0.4, -0.2) is 102 Å².